The van der Waals surface area contributed by atoms with Crippen LogP contribution in [-0.4, -0.2) is 6.26 Å². The molecule has 2 nitrogen and oxygen atoms in total. The van der Waals surface area contributed by atoms with E-state index in [1.807, 2.05) is 18.4 Å². The second-order valence-corrected chi connectivity index (χ2v) is 4.59. The number of hydrogen-bond acceptors (Lipinski definition) is 3. The summed E-state index contributed by atoms with van der Waals surface area (Å²) in [5, 5.41) is 2.70. The highest BCUT2D eigenvalue weighted by atomic mass is 32.2. The summed E-state index contributed by atoms with van der Waals surface area (Å²) in [7, 11) is 0. The van der Waals surface area contributed by atoms with Crippen LogP contribution >= 0.6 is 11.8 Å². The second-order valence-electron chi connectivity index (χ2n) is 3.71. The Morgan fingerprint density at radius 2 is 1.61 bits per heavy atom. The Morgan fingerprint density at radius 3 is 2.11 bits per heavy atom. The van der Waals surface area contributed by atoms with Crippen LogP contribution in [0.4, 0.5) is 25.8 Å². The monoisotopic (exact) mass is 266 g/mol. The van der Waals surface area contributed by atoms with Crippen molar-refractivity contribution in [1.82, 2.24) is 0 Å². The number of rotatable bonds is 3. The molecule has 0 fully saturated rings. The van der Waals surface area contributed by atoms with Gasteiger partial charge in [0.15, 0.2) is 11.6 Å². The SMILES string of the molecule is CSc1ccc(Nc2c(F)cc(N)cc2F)cc1. The molecule has 3 N–H and O–H groups in total. The lowest BCUT2D eigenvalue weighted by molar-refractivity contribution is 0.592. The molecule has 0 atom stereocenters. The molecule has 0 bridgehead atoms. The fourth-order valence-electron chi connectivity index (χ4n) is 1.53. The van der Waals surface area contributed by atoms with Gasteiger partial charge in [-0.25, -0.2) is 8.78 Å². The summed E-state index contributed by atoms with van der Waals surface area (Å²) in [4.78, 5) is 1.08. The molecular weight excluding hydrogens is 254 g/mol. The number of halogens is 2. The molecule has 18 heavy (non-hydrogen) atoms. The summed E-state index contributed by atoms with van der Waals surface area (Å²) in [6.45, 7) is 0. The number of anilines is 3. The number of nitrogen functional groups attached to an aromatic ring is 1. The summed E-state index contributed by atoms with van der Waals surface area (Å²) in [6, 6.07) is 9.45. The van der Waals surface area contributed by atoms with Crippen LogP contribution in [0.15, 0.2) is 41.3 Å². The van der Waals surface area contributed by atoms with Crippen LogP contribution < -0.4 is 11.1 Å². The van der Waals surface area contributed by atoms with Crippen molar-refractivity contribution < 1.29 is 8.78 Å². The van der Waals surface area contributed by atoms with Crippen LogP contribution in [0.2, 0.25) is 0 Å². The first kappa shape index (κ1) is 12.7. The molecule has 5 heteroatoms. The lowest BCUT2D eigenvalue weighted by Crippen LogP contribution is -1.99. The average Bonchev–Trinajstić information content (AvgIpc) is 2.34. The zero-order chi connectivity index (χ0) is 13.1. The maximum absolute atomic E-state index is 13.6. The largest absolute Gasteiger partial charge is 0.399 e. The lowest BCUT2D eigenvalue weighted by atomic mass is 10.2. The summed E-state index contributed by atoms with van der Waals surface area (Å²) >= 11 is 1.60. The van der Waals surface area contributed by atoms with Gasteiger partial charge in [0.05, 0.1) is 0 Å². The van der Waals surface area contributed by atoms with Crippen molar-refractivity contribution in [3.8, 4) is 0 Å². The molecule has 0 saturated carbocycles. The van der Waals surface area contributed by atoms with Gasteiger partial charge in [-0.3, -0.25) is 0 Å². The first-order chi connectivity index (χ1) is 8.60. The molecule has 0 aliphatic carbocycles. The minimum Gasteiger partial charge on any atom is -0.399 e. The standard InChI is InChI=1S/C13H12F2N2S/c1-18-10-4-2-9(3-5-10)17-13-11(14)6-8(16)7-12(13)15/h2-7,17H,16H2,1H3. The fourth-order valence-corrected chi connectivity index (χ4v) is 1.94. The van der Waals surface area contributed by atoms with Gasteiger partial charge in [-0.1, -0.05) is 0 Å². The van der Waals surface area contributed by atoms with Gasteiger partial charge in [-0.2, -0.15) is 0 Å². The van der Waals surface area contributed by atoms with Gasteiger partial charge in [0.25, 0.3) is 0 Å². The molecule has 0 spiro atoms. The van der Waals surface area contributed by atoms with Crippen molar-refractivity contribution in [3.05, 3.63) is 48.0 Å². The molecule has 2 rings (SSSR count). The summed E-state index contributed by atoms with van der Waals surface area (Å²) in [6.07, 6.45) is 1.96. The van der Waals surface area contributed by atoms with Gasteiger partial charge < -0.3 is 11.1 Å². The Morgan fingerprint density at radius 1 is 1.06 bits per heavy atom. The van der Waals surface area contributed by atoms with E-state index < -0.39 is 11.6 Å². The number of thioether (sulfide) groups is 1. The van der Waals surface area contributed by atoms with Crippen molar-refractivity contribution in [1.29, 1.82) is 0 Å². The zero-order valence-corrected chi connectivity index (χ0v) is 10.5. The van der Waals surface area contributed by atoms with E-state index in [2.05, 4.69) is 5.32 Å². The van der Waals surface area contributed by atoms with Crippen molar-refractivity contribution in [2.75, 3.05) is 17.3 Å². The molecule has 94 valence electrons. The van der Waals surface area contributed by atoms with Crippen molar-refractivity contribution in [3.63, 3.8) is 0 Å². The maximum Gasteiger partial charge on any atom is 0.151 e. The van der Waals surface area contributed by atoms with Crippen molar-refractivity contribution in [2.45, 2.75) is 4.90 Å². The van der Waals surface area contributed by atoms with Gasteiger partial charge in [0.1, 0.15) is 5.69 Å². The predicted molar refractivity (Wildman–Crippen MR) is 72.3 cm³/mol. The van der Waals surface area contributed by atoms with Crippen LogP contribution in [0.1, 0.15) is 0 Å². The highest BCUT2D eigenvalue weighted by molar-refractivity contribution is 7.98. The third-order valence-electron chi connectivity index (χ3n) is 2.42. The number of nitrogens with two attached hydrogens (primary N) is 1. The molecule has 0 unspecified atom stereocenters. The lowest BCUT2D eigenvalue weighted by Gasteiger charge is -2.10. The van der Waals surface area contributed by atoms with E-state index in [1.165, 1.54) is 0 Å². The molecule has 0 aliphatic rings. The normalized spacial score (nSPS) is 10.4. The highest BCUT2D eigenvalue weighted by Gasteiger charge is 2.10. The van der Waals surface area contributed by atoms with E-state index in [4.69, 9.17) is 5.73 Å². The zero-order valence-electron chi connectivity index (χ0n) is 9.71. The molecule has 0 amide bonds. The van der Waals surface area contributed by atoms with Gasteiger partial charge in [0.2, 0.25) is 0 Å². The Kier molecular flexibility index (Phi) is 3.72. The minimum atomic E-state index is -0.707. The van der Waals surface area contributed by atoms with Gasteiger partial charge in [0, 0.05) is 16.3 Å². The Hall–Kier alpha value is -1.75. The average molecular weight is 266 g/mol. The van der Waals surface area contributed by atoms with Crippen LogP contribution in [0.5, 0.6) is 0 Å². The summed E-state index contributed by atoms with van der Waals surface area (Å²) in [5.41, 5.74) is 5.84. The van der Waals surface area contributed by atoms with E-state index in [-0.39, 0.29) is 11.4 Å². The second kappa shape index (κ2) is 5.27. The molecular formula is C13H12F2N2S. The fraction of sp³-hybridized carbons (Fsp3) is 0.0769. The van der Waals surface area contributed by atoms with E-state index >= 15 is 0 Å². The summed E-state index contributed by atoms with van der Waals surface area (Å²) in [5.74, 6) is -1.41. The Bertz CT molecular complexity index is 532. The van der Waals surface area contributed by atoms with E-state index in [0.717, 1.165) is 17.0 Å². The highest BCUT2D eigenvalue weighted by Crippen LogP contribution is 2.26. The van der Waals surface area contributed by atoms with Crippen LogP contribution in [-0.2, 0) is 0 Å². The molecule has 0 aromatic heterocycles. The minimum absolute atomic E-state index is 0.0632. The van der Waals surface area contributed by atoms with E-state index in [0.29, 0.717) is 5.69 Å². The third-order valence-corrected chi connectivity index (χ3v) is 3.17. The van der Waals surface area contributed by atoms with Gasteiger partial charge in [-0.05, 0) is 42.7 Å². The quantitative estimate of drug-likeness (QED) is 0.651. The topological polar surface area (TPSA) is 38.0 Å². The Balaban J connectivity index is 2.28. The maximum atomic E-state index is 13.6. The molecule has 0 saturated heterocycles. The first-order valence-corrected chi connectivity index (χ1v) is 6.48. The molecule has 0 radical (unpaired) electrons. The number of nitrogens with one attached hydrogen (secondary N) is 1. The first-order valence-electron chi connectivity index (χ1n) is 5.26. The molecule has 0 heterocycles. The summed E-state index contributed by atoms with van der Waals surface area (Å²) < 4.78 is 27.1. The predicted octanol–water partition coefficient (Wildman–Crippen LogP) is 4.01. The number of benzene rings is 2. The van der Waals surface area contributed by atoms with Crippen LogP contribution in [0, 0.1) is 11.6 Å². The third kappa shape index (κ3) is 2.73. The Labute approximate surface area is 108 Å². The van der Waals surface area contributed by atoms with Gasteiger partial charge in [-0.15, -0.1) is 11.8 Å². The molecule has 2 aromatic rings. The smallest absolute Gasteiger partial charge is 0.151 e. The van der Waals surface area contributed by atoms with Crippen LogP contribution in [0.25, 0.3) is 0 Å². The molecule has 0 aliphatic heterocycles. The molecule has 2 aromatic carbocycles. The van der Waals surface area contributed by atoms with E-state index in [1.54, 1.807) is 23.9 Å². The van der Waals surface area contributed by atoms with Crippen molar-refractivity contribution >= 4 is 28.8 Å². The van der Waals surface area contributed by atoms with E-state index in [9.17, 15) is 8.78 Å². The number of hydrogen-bond donors (Lipinski definition) is 2. The van der Waals surface area contributed by atoms with Crippen molar-refractivity contribution in [2.24, 2.45) is 0 Å². The van der Waals surface area contributed by atoms with Gasteiger partial charge >= 0.3 is 0 Å². The van der Waals surface area contributed by atoms with Crippen LogP contribution in [0.3, 0.4) is 0 Å².